The summed E-state index contributed by atoms with van der Waals surface area (Å²) in [6.45, 7) is 1.85. The maximum atomic E-state index is 12.0. The average molecular weight is 408 g/mol. The van der Waals surface area contributed by atoms with Crippen LogP contribution in [0.4, 0.5) is 5.69 Å². The lowest BCUT2D eigenvalue weighted by Gasteiger charge is -2.06. The minimum Gasteiger partial charge on any atom is -0.441 e. The van der Waals surface area contributed by atoms with Crippen molar-refractivity contribution in [3.63, 3.8) is 0 Å². The van der Waals surface area contributed by atoms with Gasteiger partial charge in [-0.3, -0.25) is 9.59 Å². The fourth-order valence-electron chi connectivity index (χ4n) is 2.09. The van der Waals surface area contributed by atoms with E-state index in [-0.39, 0.29) is 18.4 Å². The Hall–Kier alpha value is -2.19. The number of hydrogen-bond donors (Lipinski definition) is 2. The van der Waals surface area contributed by atoms with E-state index in [1.165, 1.54) is 11.3 Å². The van der Waals surface area contributed by atoms with Gasteiger partial charge in [-0.2, -0.15) is 0 Å². The number of hydrogen-bond acceptors (Lipinski definition) is 5. The van der Waals surface area contributed by atoms with Gasteiger partial charge in [0.2, 0.25) is 5.91 Å². The lowest BCUT2D eigenvalue weighted by Crippen LogP contribution is -2.32. The van der Waals surface area contributed by atoms with Crippen LogP contribution >= 0.6 is 27.3 Å². The number of oxazole rings is 1. The molecule has 0 unspecified atom stereocenters. The molecule has 0 aliphatic heterocycles. The van der Waals surface area contributed by atoms with Crippen molar-refractivity contribution in [2.24, 2.45) is 0 Å². The molecule has 2 heterocycles. The van der Waals surface area contributed by atoms with Crippen LogP contribution in [0.2, 0.25) is 0 Å². The molecule has 0 aliphatic rings. The van der Waals surface area contributed by atoms with Gasteiger partial charge in [0.25, 0.3) is 5.91 Å². The van der Waals surface area contributed by atoms with Crippen LogP contribution in [0.25, 0.3) is 11.1 Å². The number of nitrogens with one attached hydrogen (secondary N) is 2. The summed E-state index contributed by atoms with van der Waals surface area (Å²) in [6, 6.07) is 8.74. The average Bonchev–Trinajstić information content (AvgIpc) is 3.18. The Morgan fingerprint density at radius 3 is 2.83 bits per heavy atom. The van der Waals surface area contributed by atoms with E-state index in [4.69, 9.17) is 4.42 Å². The highest BCUT2D eigenvalue weighted by molar-refractivity contribution is 9.11. The molecule has 0 radical (unpaired) electrons. The first-order chi connectivity index (χ1) is 11.5. The van der Waals surface area contributed by atoms with Crippen LogP contribution in [0.3, 0.4) is 0 Å². The number of aryl methyl sites for hydroxylation is 1. The summed E-state index contributed by atoms with van der Waals surface area (Å²) in [4.78, 5) is 28.7. The summed E-state index contributed by atoms with van der Waals surface area (Å²) in [5.74, 6) is 0.0702. The number of benzene rings is 1. The van der Waals surface area contributed by atoms with Gasteiger partial charge in [0.05, 0.1) is 15.2 Å². The van der Waals surface area contributed by atoms with E-state index in [2.05, 4.69) is 31.5 Å². The maximum absolute atomic E-state index is 12.0. The Balaban J connectivity index is 1.59. The molecule has 3 aromatic rings. The molecule has 2 aromatic heterocycles. The Kier molecular flexibility index (Phi) is 4.96. The standard InChI is InChI=1S/C16H14BrN3O3S/c1-2-15-20-10-7-9(3-4-11(10)23-15)19-14(21)8-18-16(22)12-5-6-13(17)24-12/h3-7H,2,8H2,1H3,(H,18,22)(H,19,21). The monoisotopic (exact) mass is 407 g/mol. The second kappa shape index (κ2) is 7.14. The van der Waals surface area contributed by atoms with Crippen molar-refractivity contribution in [1.82, 2.24) is 10.3 Å². The number of nitrogens with zero attached hydrogens (tertiary/aromatic N) is 1. The zero-order chi connectivity index (χ0) is 17.1. The van der Waals surface area contributed by atoms with Crippen molar-refractivity contribution < 1.29 is 14.0 Å². The van der Waals surface area contributed by atoms with E-state index in [1.807, 2.05) is 6.92 Å². The molecule has 3 rings (SSSR count). The van der Waals surface area contributed by atoms with Gasteiger partial charge in [0.1, 0.15) is 5.52 Å². The SMILES string of the molecule is CCc1nc2cc(NC(=O)CNC(=O)c3ccc(Br)s3)ccc2o1. The molecular formula is C16H14BrN3O3S. The predicted molar refractivity (Wildman–Crippen MR) is 96.4 cm³/mol. The van der Waals surface area contributed by atoms with Gasteiger partial charge in [0.15, 0.2) is 11.5 Å². The summed E-state index contributed by atoms with van der Waals surface area (Å²) in [6.07, 6.45) is 0.710. The Morgan fingerprint density at radius 1 is 1.29 bits per heavy atom. The molecule has 8 heteroatoms. The highest BCUT2D eigenvalue weighted by Crippen LogP contribution is 2.22. The topological polar surface area (TPSA) is 84.2 Å². The van der Waals surface area contributed by atoms with Crippen molar-refractivity contribution in [2.45, 2.75) is 13.3 Å². The minimum absolute atomic E-state index is 0.106. The van der Waals surface area contributed by atoms with Gasteiger partial charge in [-0.25, -0.2) is 4.98 Å². The summed E-state index contributed by atoms with van der Waals surface area (Å²) in [5, 5.41) is 5.32. The van der Waals surface area contributed by atoms with Crippen LogP contribution in [0.5, 0.6) is 0 Å². The number of thiophene rings is 1. The van der Waals surface area contributed by atoms with Gasteiger partial charge in [-0.1, -0.05) is 6.92 Å². The highest BCUT2D eigenvalue weighted by atomic mass is 79.9. The van der Waals surface area contributed by atoms with Crippen molar-refractivity contribution in [1.29, 1.82) is 0 Å². The Labute approximate surface area is 150 Å². The molecule has 0 saturated heterocycles. The number of aromatic nitrogens is 1. The third-order valence-electron chi connectivity index (χ3n) is 3.22. The Bertz CT molecular complexity index is 903. The highest BCUT2D eigenvalue weighted by Gasteiger charge is 2.11. The van der Waals surface area contributed by atoms with E-state index in [0.717, 1.165) is 3.79 Å². The van der Waals surface area contributed by atoms with E-state index < -0.39 is 0 Å². The lowest BCUT2D eigenvalue weighted by atomic mass is 10.3. The van der Waals surface area contributed by atoms with Crippen LogP contribution < -0.4 is 10.6 Å². The molecule has 2 N–H and O–H groups in total. The minimum atomic E-state index is -0.308. The van der Waals surface area contributed by atoms with Crippen LogP contribution in [0, 0.1) is 0 Å². The predicted octanol–water partition coefficient (Wildman–Crippen LogP) is 3.58. The molecule has 0 atom stereocenters. The molecule has 6 nitrogen and oxygen atoms in total. The smallest absolute Gasteiger partial charge is 0.261 e. The zero-order valence-electron chi connectivity index (χ0n) is 12.8. The number of amides is 2. The number of carbonyl (C=O) groups is 2. The molecule has 0 saturated carbocycles. The number of carbonyl (C=O) groups excluding carboxylic acids is 2. The van der Waals surface area contributed by atoms with Crippen LogP contribution in [0.1, 0.15) is 22.5 Å². The summed E-state index contributed by atoms with van der Waals surface area (Å²) in [5.41, 5.74) is 1.98. The lowest BCUT2D eigenvalue weighted by molar-refractivity contribution is -0.115. The number of rotatable bonds is 5. The largest absolute Gasteiger partial charge is 0.441 e. The molecule has 2 amide bonds. The van der Waals surface area contributed by atoms with Crippen molar-refractivity contribution >= 4 is 55.9 Å². The first kappa shape index (κ1) is 16.7. The quantitative estimate of drug-likeness (QED) is 0.676. The fourth-order valence-corrected chi connectivity index (χ4v) is 3.40. The molecular weight excluding hydrogens is 394 g/mol. The first-order valence-corrected chi connectivity index (χ1v) is 8.89. The van der Waals surface area contributed by atoms with Crippen molar-refractivity contribution in [3.05, 3.63) is 44.9 Å². The molecule has 0 bridgehead atoms. The molecule has 0 spiro atoms. The van der Waals surface area contributed by atoms with E-state index >= 15 is 0 Å². The number of fused-ring (bicyclic) bond motifs is 1. The second-order valence-corrected chi connectivity index (χ2v) is 7.44. The van der Waals surface area contributed by atoms with E-state index in [1.54, 1.807) is 30.3 Å². The molecule has 1 aromatic carbocycles. The molecule has 24 heavy (non-hydrogen) atoms. The van der Waals surface area contributed by atoms with Gasteiger partial charge < -0.3 is 15.1 Å². The zero-order valence-corrected chi connectivity index (χ0v) is 15.2. The third-order valence-corrected chi connectivity index (χ3v) is 4.85. The maximum Gasteiger partial charge on any atom is 0.261 e. The van der Waals surface area contributed by atoms with E-state index in [9.17, 15) is 9.59 Å². The second-order valence-electron chi connectivity index (χ2n) is 4.98. The van der Waals surface area contributed by atoms with Gasteiger partial charge in [0, 0.05) is 12.1 Å². The molecule has 0 aliphatic carbocycles. The number of anilines is 1. The fraction of sp³-hybridized carbons (Fsp3) is 0.188. The van der Waals surface area contributed by atoms with Gasteiger partial charge in [-0.15, -0.1) is 11.3 Å². The van der Waals surface area contributed by atoms with Crippen LogP contribution in [0.15, 0.2) is 38.5 Å². The van der Waals surface area contributed by atoms with Crippen LogP contribution in [-0.2, 0) is 11.2 Å². The van der Waals surface area contributed by atoms with Gasteiger partial charge >= 0.3 is 0 Å². The van der Waals surface area contributed by atoms with Crippen molar-refractivity contribution in [3.8, 4) is 0 Å². The normalized spacial score (nSPS) is 10.8. The Morgan fingerprint density at radius 2 is 2.12 bits per heavy atom. The third kappa shape index (κ3) is 3.82. The van der Waals surface area contributed by atoms with E-state index in [0.29, 0.717) is 34.0 Å². The number of halogens is 1. The van der Waals surface area contributed by atoms with Crippen molar-refractivity contribution in [2.75, 3.05) is 11.9 Å². The summed E-state index contributed by atoms with van der Waals surface area (Å²) in [7, 11) is 0. The van der Waals surface area contributed by atoms with Crippen LogP contribution in [-0.4, -0.2) is 23.3 Å². The summed E-state index contributed by atoms with van der Waals surface area (Å²) < 4.78 is 6.39. The molecule has 124 valence electrons. The first-order valence-electron chi connectivity index (χ1n) is 7.28. The summed E-state index contributed by atoms with van der Waals surface area (Å²) >= 11 is 4.61. The van der Waals surface area contributed by atoms with Gasteiger partial charge in [-0.05, 0) is 46.3 Å². The molecule has 0 fully saturated rings.